The van der Waals surface area contributed by atoms with Crippen LogP contribution < -0.4 is 5.32 Å². The van der Waals surface area contributed by atoms with Gasteiger partial charge in [-0.05, 0) is 13.0 Å². The van der Waals surface area contributed by atoms with E-state index in [9.17, 15) is 9.90 Å². The largest absolute Gasteiger partial charge is 0.508 e. The molecule has 0 saturated heterocycles. The van der Waals surface area contributed by atoms with E-state index in [0.29, 0.717) is 17.0 Å². The van der Waals surface area contributed by atoms with Crippen molar-refractivity contribution in [3.05, 3.63) is 45.9 Å². The lowest BCUT2D eigenvalue weighted by Crippen LogP contribution is -2.21. The number of aryl methyl sites for hydroxylation is 1. The van der Waals surface area contributed by atoms with E-state index in [-0.39, 0.29) is 11.7 Å². The number of amides is 1. The molecule has 4 nitrogen and oxygen atoms in total. The zero-order chi connectivity index (χ0) is 12.3. The third kappa shape index (κ3) is 2.82. The first kappa shape index (κ1) is 11.6. The first-order valence-corrected chi connectivity index (χ1v) is 5.96. The lowest BCUT2D eigenvalue weighted by atomic mass is 10.2. The van der Waals surface area contributed by atoms with Gasteiger partial charge in [0.2, 0.25) is 0 Å². The van der Waals surface area contributed by atoms with Crippen molar-refractivity contribution in [2.24, 2.45) is 0 Å². The molecule has 0 spiro atoms. The molecule has 0 aliphatic rings. The number of hydrogen-bond donors (Lipinski definition) is 2. The Balaban J connectivity index is 1.99. The predicted octanol–water partition coefficient (Wildman–Crippen LogP) is 2.09. The Morgan fingerprint density at radius 3 is 2.88 bits per heavy atom. The van der Waals surface area contributed by atoms with Gasteiger partial charge in [-0.1, -0.05) is 18.2 Å². The zero-order valence-electron chi connectivity index (χ0n) is 9.30. The Morgan fingerprint density at radius 2 is 2.24 bits per heavy atom. The molecular formula is C12H12N2O2S. The maximum Gasteiger partial charge on any atom is 0.263 e. The van der Waals surface area contributed by atoms with E-state index >= 15 is 0 Å². The zero-order valence-corrected chi connectivity index (χ0v) is 10.1. The highest BCUT2D eigenvalue weighted by Gasteiger charge is 2.09. The third-order valence-corrected chi connectivity index (χ3v) is 3.19. The predicted molar refractivity (Wildman–Crippen MR) is 66.1 cm³/mol. The van der Waals surface area contributed by atoms with Gasteiger partial charge in [-0.15, -0.1) is 11.3 Å². The van der Waals surface area contributed by atoms with E-state index in [1.165, 1.54) is 11.3 Å². The number of hydrogen-bond acceptors (Lipinski definition) is 4. The van der Waals surface area contributed by atoms with E-state index in [1.807, 2.05) is 13.0 Å². The maximum absolute atomic E-state index is 11.7. The lowest BCUT2D eigenvalue weighted by molar-refractivity contribution is 0.0954. The molecule has 0 radical (unpaired) electrons. The number of carbonyl (C=O) groups is 1. The highest BCUT2D eigenvalue weighted by molar-refractivity contribution is 7.13. The average Bonchev–Trinajstić information content (AvgIpc) is 2.74. The van der Waals surface area contributed by atoms with Crippen LogP contribution in [0.3, 0.4) is 0 Å². The van der Waals surface area contributed by atoms with Crippen molar-refractivity contribution >= 4 is 17.2 Å². The summed E-state index contributed by atoms with van der Waals surface area (Å²) in [5, 5.41) is 13.1. The molecule has 1 aromatic heterocycles. The molecule has 0 unspecified atom stereocenters. The molecule has 2 aromatic rings. The minimum Gasteiger partial charge on any atom is -0.508 e. The van der Waals surface area contributed by atoms with Crippen LogP contribution in [0.4, 0.5) is 0 Å². The Hall–Kier alpha value is -1.88. The highest BCUT2D eigenvalue weighted by atomic mass is 32.1. The molecule has 1 amide bonds. The van der Waals surface area contributed by atoms with Crippen LogP contribution >= 0.6 is 11.3 Å². The quantitative estimate of drug-likeness (QED) is 0.874. The standard InChI is InChI=1S/C12H12N2O2S/c1-8-13-7-11(17-8)12(16)14-6-9-4-2-3-5-10(9)15/h2-5,7,15H,6H2,1H3,(H,14,16). The summed E-state index contributed by atoms with van der Waals surface area (Å²) in [6.07, 6.45) is 1.56. The van der Waals surface area contributed by atoms with Crippen molar-refractivity contribution in [3.63, 3.8) is 0 Å². The summed E-state index contributed by atoms with van der Waals surface area (Å²) >= 11 is 1.35. The van der Waals surface area contributed by atoms with Crippen LogP contribution in [0.25, 0.3) is 0 Å². The van der Waals surface area contributed by atoms with Gasteiger partial charge in [0, 0.05) is 12.1 Å². The van der Waals surface area contributed by atoms with Gasteiger partial charge < -0.3 is 10.4 Å². The van der Waals surface area contributed by atoms with Crippen molar-refractivity contribution in [2.75, 3.05) is 0 Å². The van der Waals surface area contributed by atoms with Crippen LogP contribution in [0, 0.1) is 6.92 Å². The molecule has 5 heteroatoms. The van der Waals surface area contributed by atoms with Crippen LogP contribution in [0.15, 0.2) is 30.5 Å². The van der Waals surface area contributed by atoms with Gasteiger partial charge in [0.1, 0.15) is 10.6 Å². The van der Waals surface area contributed by atoms with Gasteiger partial charge in [0.15, 0.2) is 0 Å². The summed E-state index contributed by atoms with van der Waals surface area (Å²) in [7, 11) is 0. The van der Waals surface area contributed by atoms with Crippen LogP contribution in [-0.2, 0) is 6.54 Å². The first-order valence-electron chi connectivity index (χ1n) is 5.14. The number of rotatable bonds is 3. The molecule has 88 valence electrons. The molecular weight excluding hydrogens is 236 g/mol. The second kappa shape index (κ2) is 4.97. The summed E-state index contributed by atoms with van der Waals surface area (Å²) in [6, 6.07) is 6.93. The lowest BCUT2D eigenvalue weighted by Gasteiger charge is -2.05. The summed E-state index contributed by atoms with van der Waals surface area (Å²) in [5.74, 6) is 0.0205. The summed E-state index contributed by atoms with van der Waals surface area (Å²) in [4.78, 5) is 16.3. The number of nitrogens with one attached hydrogen (secondary N) is 1. The van der Waals surface area contributed by atoms with Crippen molar-refractivity contribution < 1.29 is 9.90 Å². The van der Waals surface area contributed by atoms with E-state index < -0.39 is 0 Å². The fraction of sp³-hybridized carbons (Fsp3) is 0.167. The number of thiazole rings is 1. The Bertz CT molecular complexity index is 537. The molecule has 0 fully saturated rings. The first-order chi connectivity index (χ1) is 8.16. The second-order valence-electron chi connectivity index (χ2n) is 3.55. The molecule has 0 atom stereocenters. The molecule has 0 bridgehead atoms. The number of phenols is 1. The fourth-order valence-corrected chi connectivity index (χ4v) is 2.08. The minimum atomic E-state index is -0.168. The van der Waals surface area contributed by atoms with Gasteiger partial charge in [-0.25, -0.2) is 4.98 Å². The maximum atomic E-state index is 11.7. The second-order valence-corrected chi connectivity index (χ2v) is 4.79. The van der Waals surface area contributed by atoms with Crippen LogP contribution in [0.2, 0.25) is 0 Å². The van der Waals surface area contributed by atoms with Gasteiger partial charge in [0.25, 0.3) is 5.91 Å². The SMILES string of the molecule is Cc1ncc(C(=O)NCc2ccccc2O)s1. The molecule has 1 aromatic carbocycles. The van der Waals surface area contributed by atoms with Crippen LogP contribution in [0.5, 0.6) is 5.75 Å². The molecule has 2 N–H and O–H groups in total. The Kier molecular flexibility index (Phi) is 3.39. The van der Waals surface area contributed by atoms with E-state index in [2.05, 4.69) is 10.3 Å². The van der Waals surface area contributed by atoms with E-state index in [4.69, 9.17) is 0 Å². The Labute approximate surface area is 103 Å². The average molecular weight is 248 g/mol. The number of benzene rings is 1. The summed E-state index contributed by atoms with van der Waals surface area (Å²) < 4.78 is 0. The number of carbonyl (C=O) groups excluding carboxylic acids is 1. The summed E-state index contributed by atoms with van der Waals surface area (Å²) in [5.41, 5.74) is 0.696. The topological polar surface area (TPSA) is 62.2 Å². The molecule has 1 heterocycles. The highest BCUT2D eigenvalue weighted by Crippen LogP contribution is 2.16. The van der Waals surface area contributed by atoms with Crippen molar-refractivity contribution in [2.45, 2.75) is 13.5 Å². The minimum absolute atomic E-state index is 0.168. The van der Waals surface area contributed by atoms with Crippen molar-refractivity contribution in [1.29, 1.82) is 0 Å². The number of nitrogens with zero attached hydrogens (tertiary/aromatic N) is 1. The van der Waals surface area contributed by atoms with Gasteiger partial charge >= 0.3 is 0 Å². The molecule has 17 heavy (non-hydrogen) atoms. The van der Waals surface area contributed by atoms with Gasteiger partial charge in [0.05, 0.1) is 11.2 Å². The van der Waals surface area contributed by atoms with Gasteiger partial charge in [-0.3, -0.25) is 4.79 Å². The van der Waals surface area contributed by atoms with Crippen LogP contribution in [-0.4, -0.2) is 16.0 Å². The fourth-order valence-electron chi connectivity index (χ4n) is 1.39. The normalized spacial score (nSPS) is 10.2. The van der Waals surface area contributed by atoms with E-state index in [1.54, 1.807) is 24.4 Å². The van der Waals surface area contributed by atoms with Gasteiger partial charge in [-0.2, -0.15) is 0 Å². The number of para-hydroxylation sites is 1. The smallest absolute Gasteiger partial charge is 0.263 e. The summed E-state index contributed by atoms with van der Waals surface area (Å²) in [6.45, 7) is 2.16. The van der Waals surface area contributed by atoms with Crippen molar-refractivity contribution in [1.82, 2.24) is 10.3 Å². The molecule has 0 aliphatic heterocycles. The number of aromatic hydroxyl groups is 1. The molecule has 0 saturated carbocycles. The molecule has 0 aliphatic carbocycles. The number of aromatic nitrogens is 1. The van der Waals surface area contributed by atoms with Crippen LogP contribution in [0.1, 0.15) is 20.2 Å². The third-order valence-electron chi connectivity index (χ3n) is 2.28. The van der Waals surface area contributed by atoms with E-state index in [0.717, 1.165) is 5.01 Å². The number of phenolic OH excluding ortho intramolecular Hbond substituents is 1. The monoisotopic (exact) mass is 248 g/mol. The molecule has 2 rings (SSSR count). The Morgan fingerprint density at radius 1 is 1.47 bits per heavy atom. The van der Waals surface area contributed by atoms with Crippen molar-refractivity contribution in [3.8, 4) is 5.75 Å².